The molecule has 0 radical (unpaired) electrons. The number of nitrogens with two attached hydrogens (primary N) is 1. The van der Waals surface area contributed by atoms with E-state index in [2.05, 4.69) is 0 Å². The van der Waals surface area contributed by atoms with Crippen LogP contribution in [0, 0.1) is 12.7 Å². The van der Waals surface area contributed by atoms with Crippen LogP contribution in [0.1, 0.15) is 31.2 Å². The van der Waals surface area contributed by atoms with E-state index in [1.807, 2.05) is 0 Å². The van der Waals surface area contributed by atoms with Gasteiger partial charge in [0.25, 0.3) is 0 Å². The Labute approximate surface area is 119 Å². The highest BCUT2D eigenvalue weighted by Crippen LogP contribution is 2.37. The Bertz CT molecular complexity index is 595. The second-order valence-corrected chi connectivity index (χ2v) is 7.46. The number of rotatable bonds is 4. The SMILES string of the molecule is Cc1ccc(F)cc1S(=O)(=O)N(C)C1(CN)CCCC1. The molecule has 1 saturated carbocycles. The maximum absolute atomic E-state index is 13.4. The summed E-state index contributed by atoms with van der Waals surface area (Å²) in [6.07, 6.45) is 3.46. The summed E-state index contributed by atoms with van der Waals surface area (Å²) in [4.78, 5) is 0.0275. The van der Waals surface area contributed by atoms with Crippen LogP contribution in [-0.2, 0) is 10.0 Å². The molecule has 1 aliphatic carbocycles. The van der Waals surface area contributed by atoms with Gasteiger partial charge in [-0.05, 0) is 37.5 Å². The van der Waals surface area contributed by atoms with E-state index in [0.717, 1.165) is 31.7 Å². The lowest BCUT2D eigenvalue weighted by Crippen LogP contribution is -2.52. The summed E-state index contributed by atoms with van der Waals surface area (Å²) in [7, 11) is -2.18. The topological polar surface area (TPSA) is 63.4 Å². The molecule has 1 aromatic rings. The van der Waals surface area contributed by atoms with E-state index in [4.69, 9.17) is 5.73 Å². The van der Waals surface area contributed by atoms with Crippen LogP contribution in [0.15, 0.2) is 23.1 Å². The van der Waals surface area contributed by atoms with E-state index in [0.29, 0.717) is 5.56 Å². The van der Waals surface area contributed by atoms with Gasteiger partial charge in [0.2, 0.25) is 10.0 Å². The van der Waals surface area contributed by atoms with E-state index >= 15 is 0 Å². The number of halogens is 1. The highest BCUT2D eigenvalue weighted by Gasteiger charge is 2.43. The molecule has 0 aromatic heterocycles. The Hall–Kier alpha value is -0.980. The highest BCUT2D eigenvalue weighted by molar-refractivity contribution is 7.89. The van der Waals surface area contributed by atoms with E-state index < -0.39 is 21.4 Å². The monoisotopic (exact) mass is 300 g/mol. The zero-order chi connectivity index (χ0) is 15.0. The molecular formula is C14H21FN2O2S. The first-order valence-corrected chi connectivity index (χ1v) is 8.23. The van der Waals surface area contributed by atoms with Crippen molar-refractivity contribution in [3.63, 3.8) is 0 Å². The van der Waals surface area contributed by atoms with Crippen molar-refractivity contribution in [1.82, 2.24) is 4.31 Å². The molecule has 0 bridgehead atoms. The quantitative estimate of drug-likeness (QED) is 0.925. The fourth-order valence-electron chi connectivity index (χ4n) is 2.93. The summed E-state index contributed by atoms with van der Waals surface area (Å²) in [5, 5.41) is 0. The summed E-state index contributed by atoms with van der Waals surface area (Å²) in [5.74, 6) is -0.546. The fraction of sp³-hybridized carbons (Fsp3) is 0.571. The first-order valence-electron chi connectivity index (χ1n) is 6.79. The van der Waals surface area contributed by atoms with Gasteiger partial charge in [-0.1, -0.05) is 18.9 Å². The molecule has 1 aromatic carbocycles. The van der Waals surface area contributed by atoms with Crippen molar-refractivity contribution in [2.45, 2.75) is 43.0 Å². The van der Waals surface area contributed by atoms with Gasteiger partial charge >= 0.3 is 0 Å². The van der Waals surface area contributed by atoms with Crippen molar-refractivity contribution < 1.29 is 12.8 Å². The van der Waals surface area contributed by atoms with Crippen molar-refractivity contribution in [3.8, 4) is 0 Å². The van der Waals surface area contributed by atoms with Crippen molar-refractivity contribution in [2.75, 3.05) is 13.6 Å². The predicted octanol–water partition coefficient (Wildman–Crippen LogP) is 2.03. The standard InChI is InChI=1S/C14H21FN2O2S/c1-11-5-6-12(15)9-13(11)20(18,19)17(2)14(10-16)7-3-4-8-14/h5-6,9H,3-4,7-8,10,16H2,1-2H3. The molecule has 0 heterocycles. The second kappa shape index (κ2) is 5.42. The normalized spacial score (nSPS) is 18.6. The van der Waals surface area contributed by atoms with Gasteiger partial charge in [0.1, 0.15) is 5.82 Å². The first-order chi connectivity index (χ1) is 9.33. The molecular weight excluding hydrogens is 279 g/mol. The van der Waals surface area contributed by atoms with Gasteiger partial charge < -0.3 is 5.73 Å². The van der Waals surface area contributed by atoms with Crippen LogP contribution >= 0.6 is 0 Å². The molecule has 0 amide bonds. The number of likely N-dealkylation sites (N-methyl/N-ethyl adjacent to an activating group) is 1. The van der Waals surface area contributed by atoms with E-state index in [1.165, 1.54) is 16.4 Å². The Morgan fingerprint density at radius 2 is 1.95 bits per heavy atom. The lowest BCUT2D eigenvalue weighted by Gasteiger charge is -2.37. The first kappa shape index (κ1) is 15.4. The maximum atomic E-state index is 13.4. The van der Waals surface area contributed by atoms with Gasteiger partial charge in [-0.2, -0.15) is 4.31 Å². The van der Waals surface area contributed by atoms with Crippen LogP contribution in [-0.4, -0.2) is 31.9 Å². The molecule has 2 rings (SSSR count). The highest BCUT2D eigenvalue weighted by atomic mass is 32.2. The van der Waals surface area contributed by atoms with Crippen LogP contribution in [0.25, 0.3) is 0 Å². The van der Waals surface area contributed by atoms with Gasteiger partial charge in [-0.15, -0.1) is 0 Å². The summed E-state index contributed by atoms with van der Waals surface area (Å²) in [6.45, 7) is 1.96. The van der Waals surface area contributed by atoms with Crippen molar-refractivity contribution in [3.05, 3.63) is 29.6 Å². The summed E-state index contributed by atoms with van der Waals surface area (Å²) < 4.78 is 40.3. The third-order valence-electron chi connectivity index (χ3n) is 4.37. The third-order valence-corrected chi connectivity index (χ3v) is 6.47. The zero-order valence-electron chi connectivity index (χ0n) is 11.9. The molecule has 1 fully saturated rings. The van der Waals surface area contributed by atoms with E-state index in [9.17, 15) is 12.8 Å². The third kappa shape index (κ3) is 2.47. The number of nitrogens with zero attached hydrogens (tertiary/aromatic N) is 1. The molecule has 4 nitrogen and oxygen atoms in total. The number of hydrogen-bond donors (Lipinski definition) is 1. The zero-order valence-corrected chi connectivity index (χ0v) is 12.7. The molecule has 0 aliphatic heterocycles. The number of hydrogen-bond acceptors (Lipinski definition) is 3. The summed E-state index contributed by atoms with van der Waals surface area (Å²) >= 11 is 0. The molecule has 112 valence electrons. The van der Waals surface area contributed by atoms with E-state index in [-0.39, 0.29) is 11.4 Å². The molecule has 20 heavy (non-hydrogen) atoms. The Morgan fingerprint density at radius 3 is 2.50 bits per heavy atom. The van der Waals surface area contributed by atoms with Crippen LogP contribution in [0.3, 0.4) is 0 Å². The number of sulfonamides is 1. The average Bonchev–Trinajstić information content (AvgIpc) is 2.90. The fourth-order valence-corrected chi connectivity index (χ4v) is 4.73. The number of aryl methyl sites for hydroxylation is 1. The summed E-state index contributed by atoms with van der Waals surface area (Å²) in [6, 6.07) is 3.84. The Morgan fingerprint density at radius 1 is 1.35 bits per heavy atom. The minimum atomic E-state index is -3.73. The largest absolute Gasteiger partial charge is 0.329 e. The maximum Gasteiger partial charge on any atom is 0.243 e. The van der Waals surface area contributed by atoms with Crippen LogP contribution < -0.4 is 5.73 Å². The molecule has 0 unspecified atom stereocenters. The van der Waals surface area contributed by atoms with Crippen LogP contribution in [0.2, 0.25) is 0 Å². The lowest BCUT2D eigenvalue weighted by molar-refractivity contribution is 0.230. The van der Waals surface area contributed by atoms with Gasteiger partial charge in [-0.25, -0.2) is 12.8 Å². The van der Waals surface area contributed by atoms with Gasteiger partial charge in [-0.3, -0.25) is 0 Å². The lowest BCUT2D eigenvalue weighted by atomic mass is 9.98. The molecule has 0 atom stereocenters. The van der Waals surface area contributed by atoms with Gasteiger partial charge in [0, 0.05) is 19.1 Å². The van der Waals surface area contributed by atoms with Crippen molar-refractivity contribution in [2.24, 2.45) is 5.73 Å². The second-order valence-electron chi connectivity index (χ2n) is 5.52. The van der Waals surface area contributed by atoms with Gasteiger partial charge in [0.05, 0.1) is 4.90 Å². The average molecular weight is 300 g/mol. The van der Waals surface area contributed by atoms with Crippen LogP contribution in [0.4, 0.5) is 4.39 Å². The molecule has 2 N–H and O–H groups in total. The Kier molecular flexibility index (Phi) is 4.18. The van der Waals surface area contributed by atoms with Gasteiger partial charge in [0.15, 0.2) is 0 Å². The van der Waals surface area contributed by atoms with Crippen molar-refractivity contribution in [1.29, 1.82) is 0 Å². The predicted molar refractivity (Wildman–Crippen MR) is 76.3 cm³/mol. The smallest absolute Gasteiger partial charge is 0.243 e. The van der Waals surface area contributed by atoms with Crippen LogP contribution in [0.5, 0.6) is 0 Å². The number of benzene rings is 1. The molecule has 6 heteroatoms. The van der Waals surface area contributed by atoms with Crippen molar-refractivity contribution >= 4 is 10.0 Å². The molecule has 1 aliphatic rings. The minimum absolute atomic E-state index is 0.0275. The molecule has 0 saturated heterocycles. The summed E-state index contributed by atoms with van der Waals surface area (Å²) in [5.41, 5.74) is 5.85. The van der Waals surface area contributed by atoms with E-state index in [1.54, 1.807) is 14.0 Å². The minimum Gasteiger partial charge on any atom is -0.329 e. The Balaban J connectivity index is 2.46. The molecule has 0 spiro atoms.